The topological polar surface area (TPSA) is 21.3 Å². The Balaban J connectivity index is 2.32. The lowest BCUT2D eigenvalue weighted by Gasteiger charge is -2.44. The number of hydrogen-bond acceptors (Lipinski definition) is 3. The molecular weight excluding hydrogens is 310 g/mol. The zero-order chi connectivity index (χ0) is 13.2. The molecule has 1 aromatic rings. The summed E-state index contributed by atoms with van der Waals surface area (Å²) in [6.45, 7) is 2.34. The molecule has 0 bridgehead atoms. The quantitative estimate of drug-likeness (QED) is 0.884. The zero-order valence-electron chi connectivity index (χ0n) is 11.3. The average Bonchev–Trinajstić information content (AvgIpc) is 2.77. The summed E-state index contributed by atoms with van der Waals surface area (Å²) in [5.41, 5.74) is -0.0558. The van der Waals surface area contributed by atoms with Gasteiger partial charge in [-0.15, -0.1) is 11.3 Å². The molecule has 2 nitrogen and oxygen atoms in total. The van der Waals surface area contributed by atoms with Crippen molar-refractivity contribution in [3.8, 4) is 0 Å². The van der Waals surface area contributed by atoms with E-state index in [0.717, 1.165) is 18.8 Å². The van der Waals surface area contributed by atoms with Crippen molar-refractivity contribution in [3.63, 3.8) is 0 Å². The lowest BCUT2D eigenvalue weighted by Crippen LogP contribution is -2.47. The van der Waals surface area contributed by atoms with E-state index in [1.54, 1.807) is 11.3 Å². The molecule has 0 saturated heterocycles. The molecule has 0 aliphatic heterocycles. The van der Waals surface area contributed by atoms with E-state index >= 15 is 0 Å². The molecule has 1 aliphatic rings. The van der Waals surface area contributed by atoms with Crippen LogP contribution in [0.4, 0.5) is 0 Å². The van der Waals surface area contributed by atoms with Crippen molar-refractivity contribution < 1.29 is 4.74 Å². The Morgan fingerprint density at radius 1 is 1.61 bits per heavy atom. The Labute approximate surface area is 122 Å². The van der Waals surface area contributed by atoms with Gasteiger partial charge in [-0.1, -0.05) is 19.8 Å². The van der Waals surface area contributed by atoms with Gasteiger partial charge in [-0.3, -0.25) is 0 Å². The van der Waals surface area contributed by atoms with Crippen LogP contribution >= 0.6 is 27.3 Å². The highest BCUT2D eigenvalue weighted by Crippen LogP contribution is 2.45. The molecule has 102 valence electrons. The Morgan fingerprint density at radius 2 is 2.39 bits per heavy atom. The molecule has 1 fully saturated rings. The molecule has 0 radical (unpaired) electrons. The summed E-state index contributed by atoms with van der Waals surface area (Å²) in [7, 11) is 3.90. The standard InChI is InChI=1S/C14H22BrNOS/c1-10-5-4-7-14(9-10,17-3)13(16-2)12-11(15)6-8-18-12/h6,8,10,13,16H,4-5,7,9H2,1-3H3. The second-order valence-electron chi connectivity index (χ2n) is 5.32. The van der Waals surface area contributed by atoms with Crippen molar-refractivity contribution in [3.05, 3.63) is 20.8 Å². The summed E-state index contributed by atoms with van der Waals surface area (Å²) in [5, 5.41) is 5.62. The average molecular weight is 332 g/mol. The molecule has 1 N–H and O–H groups in total. The van der Waals surface area contributed by atoms with Crippen LogP contribution in [0.15, 0.2) is 15.9 Å². The Kier molecular flexibility index (Phi) is 4.86. The van der Waals surface area contributed by atoms with Gasteiger partial charge in [0.05, 0.1) is 11.6 Å². The van der Waals surface area contributed by atoms with Crippen LogP contribution < -0.4 is 5.32 Å². The number of ether oxygens (including phenoxy) is 1. The molecule has 0 spiro atoms. The first kappa shape index (κ1) is 14.5. The van der Waals surface area contributed by atoms with Crippen molar-refractivity contribution >= 4 is 27.3 Å². The van der Waals surface area contributed by atoms with Gasteiger partial charge in [0.15, 0.2) is 0 Å². The maximum absolute atomic E-state index is 6.00. The molecule has 2 rings (SSSR count). The number of likely N-dealkylation sites (N-methyl/N-ethyl adjacent to an activating group) is 1. The first-order valence-electron chi connectivity index (χ1n) is 6.58. The van der Waals surface area contributed by atoms with E-state index in [1.165, 1.54) is 22.2 Å². The minimum atomic E-state index is -0.0558. The van der Waals surface area contributed by atoms with Crippen molar-refractivity contribution in [2.45, 2.75) is 44.2 Å². The number of hydrogen-bond donors (Lipinski definition) is 1. The minimum absolute atomic E-state index is 0.0558. The number of thiophene rings is 1. The monoisotopic (exact) mass is 331 g/mol. The van der Waals surface area contributed by atoms with Crippen molar-refractivity contribution in [1.29, 1.82) is 0 Å². The SMILES string of the molecule is CNC(c1sccc1Br)C1(OC)CCCC(C)C1. The molecule has 1 heterocycles. The Bertz CT molecular complexity index is 395. The maximum Gasteiger partial charge on any atom is 0.0883 e. The zero-order valence-corrected chi connectivity index (χ0v) is 13.7. The van der Waals surface area contributed by atoms with Gasteiger partial charge < -0.3 is 10.1 Å². The lowest BCUT2D eigenvalue weighted by atomic mass is 9.74. The van der Waals surface area contributed by atoms with Gasteiger partial charge in [-0.2, -0.15) is 0 Å². The third-order valence-electron chi connectivity index (χ3n) is 4.12. The summed E-state index contributed by atoms with van der Waals surface area (Å²) in [5.74, 6) is 0.744. The van der Waals surface area contributed by atoms with E-state index in [1.807, 2.05) is 14.2 Å². The van der Waals surface area contributed by atoms with E-state index in [2.05, 4.69) is 39.6 Å². The molecule has 1 aromatic heterocycles. The van der Waals surface area contributed by atoms with Crippen LogP contribution in [0.5, 0.6) is 0 Å². The van der Waals surface area contributed by atoms with Gasteiger partial charge in [0.25, 0.3) is 0 Å². The van der Waals surface area contributed by atoms with Gasteiger partial charge >= 0.3 is 0 Å². The van der Waals surface area contributed by atoms with Crippen LogP contribution in [-0.2, 0) is 4.74 Å². The van der Waals surface area contributed by atoms with E-state index in [-0.39, 0.29) is 11.6 Å². The predicted molar refractivity (Wildman–Crippen MR) is 81.2 cm³/mol. The molecule has 1 saturated carbocycles. The minimum Gasteiger partial charge on any atom is -0.376 e. The fraction of sp³-hybridized carbons (Fsp3) is 0.714. The van der Waals surface area contributed by atoms with E-state index in [9.17, 15) is 0 Å². The molecule has 0 amide bonds. The Hall–Kier alpha value is 0.1000. The fourth-order valence-corrected chi connectivity index (χ4v) is 5.07. The third-order valence-corrected chi connectivity index (χ3v) is 6.05. The van der Waals surface area contributed by atoms with Crippen molar-refractivity contribution in [1.82, 2.24) is 5.32 Å². The Morgan fingerprint density at radius 3 is 2.89 bits per heavy atom. The normalized spacial score (nSPS) is 30.3. The number of nitrogens with one attached hydrogen (secondary N) is 1. The molecule has 3 atom stereocenters. The first-order valence-corrected chi connectivity index (χ1v) is 8.25. The summed E-state index contributed by atoms with van der Waals surface area (Å²) in [6, 6.07) is 2.40. The van der Waals surface area contributed by atoms with Gasteiger partial charge in [-0.25, -0.2) is 0 Å². The van der Waals surface area contributed by atoms with Crippen LogP contribution in [0, 0.1) is 5.92 Å². The molecule has 3 unspecified atom stereocenters. The van der Waals surface area contributed by atoms with E-state index in [4.69, 9.17) is 4.74 Å². The summed E-state index contributed by atoms with van der Waals surface area (Å²) in [6.07, 6.45) is 4.87. The van der Waals surface area contributed by atoms with Crippen LogP contribution in [0.25, 0.3) is 0 Å². The predicted octanol–water partition coefficient (Wildman–Crippen LogP) is 4.37. The largest absolute Gasteiger partial charge is 0.376 e. The molecule has 0 aromatic carbocycles. The lowest BCUT2D eigenvalue weighted by molar-refractivity contribution is -0.0783. The third kappa shape index (κ3) is 2.67. The van der Waals surface area contributed by atoms with Gasteiger partial charge in [0.2, 0.25) is 0 Å². The summed E-state index contributed by atoms with van der Waals surface area (Å²) < 4.78 is 7.20. The summed E-state index contributed by atoms with van der Waals surface area (Å²) >= 11 is 5.46. The molecule has 1 aliphatic carbocycles. The maximum atomic E-state index is 6.00. The second-order valence-corrected chi connectivity index (χ2v) is 7.13. The molecule has 18 heavy (non-hydrogen) atoms. The van der Waals surface area contributed by atoms with Crippen LogP contribution in [0.1, 0.15) is 43.5 Å². The highest BCUT2D eigenvalue weighted by molar-refractivity contribution is 9.10. The summed E-state index contributed by atoms with van der Waals surface area (Å²) in [4.78, 5) is 1.36. The van der Waals surface area contributed by atoms with Gasteiger partial charge in [0.1, 0.15) is 0 Å². The van der Waals surface area contributed by atoms with Crippen molar-refractivity contribution in [2.75, 3.05) is 14.2 Å². The van der Waals surface area contributed by atoms with Crippen LogP contribution in [0.2, 0.25) is 0 Å². The highest BCUT2D eigenvalue weighted by Gasteiger charge is 2.43. The number of rotatable bonds is 4. The smallest absolute Gasteiger partial charge is 0.0883 e. The van der Waals surface area contributed by atoms with Crippen LogP contribution in [-0.4, -0.2) is 19.8 Å². The second kappa shape index (κ2) is 6.04. The first-order chi connectivity index (χ1) is 8.63. The van der Waals surface area contributed by atoms with Crippen LogP contribution in [0.3, 0.4) is 0 Å². The van der Waals surface area contributed by atoms with Crippen molar-refractivity contribution in [2.24, 2.45) is 5.92 Å². The fourth-order valence-electron chi connectivity index (χ4n) is 3.25. The van der Waals surface area contributed by atoms with E-state index in [0.29, 0.717) is 0 Å². The number of methoxy groups -OCH3 is 1. The van der Waals surface area contributed by atoms with E-state index < -0.39 is 0 Å². The van der Waals surface area contributed by atoms with Gasteiger partial charge in [-0.05, 0) is 53.2 Å². The number of halogens is 1. The molecule has 4 heteroatoms. The highest BCUT2D eigenvalue weighted by atomic mass is 79.9. The molecular formula is C14H22BrNOS. The van der Waals surface area contributed by atoms with Gasteiger partial charge in [0, 0.05) is 16.5 Å².